The number of hydrogen-bond acceptors (Lipinski definition) is 4. The summed E-state index contributed by atoms with van der Waals surface area (Å²) in [7, 11) is 0. The maximum Gasteiger partial charge on any atom is 0.238 e. The van der Waals surface area contributed by atoms with Crippen molar-refractivity contribution in [3.63, 3.8) is 0 Å². The first-order chi connectivity index (χ1) is 12.1. The van der Waals surface area contributed by atoms with E-state index in [-0.39, 0.29) is 18.5 Å². The van der Waals surface area contributed by atoms with Crippen LogP contribution in [0.1, 0.15) is 24.9 Å². The predicted octanol–water partition coefficient (Wildman–Crippen LogP) is 3.79. The Balaban J connectivity index is 1.56. The zero-order valence-corrected chi connectivity index (χ0v) is 14.8. The first kappa shape index (κ1) is 17.6. The molecule has 1 aliphatic rings. The number of halogens is 1. The number of nitrogens with one attached hydrogen (secondary N) is 2. The fraction of sp³-hybridized carbons (Fsp3) is 0.316. The van der Waals surface area contributed by atoms with Crippen molar-refractivity contribution in [1.82, 2.24) is 5.32 Å². The van der Waals surface area contributed by atoms with Crippen LogP contribution in [0, 0.1) is 0 Å². The summed E-state index contributed by atoms with van der Waals surface area (Å²) in [5.74, 6) is 1.24. The molecule has 0 saturated carbocycles. The Hall–Kier alpha value is -2.24. The van der Waals surface area contributed by atoms with Gasteiger partial charge in [0.25, 0.3) is 0 Å². The molecule has 0 aromatic heterocycles. The Bertz CT molecular complexity index is 751. The molecule has 3 rings (SSSR count). The number of fused-ring (bicyclic) bond motifs is 1. The number of carbonyl (C=O) groups excluding carboxylic acids is 1. The summed E-state index contributed by atoms with van der Waals surface area (Å²) < 4.78 is 11.2. The van der Waals surface area contributed by atoms with Crippen molar-refractivity contribution < 1.29 is 14.3 Å². The minimum atomic E-state index is -0.131. The van der Waals surface area contributed by atoms with Crippen molar-refractivity contribution >= 4 is 23.2 Å². The minimum Gasteiger partial charge on any atom is -0.490 e. The molecule has 6 heteroatoms. The van der Waals surface area contributed by atoms with Gasteiger partial charge in [0.05, 0.1) is 19.8 Å². The van der Waals surface area contributed by atoms with E-state index in [1.807, 2.05) is 43.3 Å². The lowest BCUT2D eigenvalue weighted by Crippen LogP contribution is -2.30. The van der Waals surface area contributed by atoms with Crippen LogP contribution in [0.5, 0.6) is 11.5 Å². The van der Waals surface area contributed by atoms with Gasteiger partial charge in [0.2, 0.25) is 5.91 Å². The molecule has 0 radical (unpaired) electrons. The molecule has 0 saturated heterocycles. The SMILES string of the molecule is C[C@H](NCC(=O)Nc1ccc2c(c1)OCCCO2)c1ccccc1Cl. The number of carbonyl (C=O) groups is 1. The molecule has 1 amide bonds. The van der Waals surface area contributed by atoms with Gasteiger partial charge in [-0.2, -0.15) is 0 Å². The second kappa shape index (κ2) is 8.23. The molecule has 1 aliphatic heterocycles. The van der Waals surface area contributed by atoms with E-state index in [2.05, 4.69) is 10.6 Å². The van der Waals surface area contributed by atoms with Gasteiger partial charge in [0.15, 0.2) is 11.5 Å². The second-order valence-electron chi connectivity index (χ2n) is 5.88. The zero-order valence-electron chi connectivity index (χ0n) is 14.0. The maximum absolute atomic E-state index is 12.2. The monoisotopic (exact) mass is 360 g/mol. The number of hydrogen-bond donors (Lipinski definition) is 2. The zero-order chi connectivity index (χ0) is 17.6. The summed E-state index contributed by atoms with van der Waals surface area (Å²) >= 11 is 6.18. The van der Waals surface area contributed by atoms with E-state index < -0.39 is 0 Å². The first-order valence-corrected chi connectivity index (χ1v) is 8.68. The third kappa shape index (κ3) is 4.65. The second-order valence-corrected chi connectivity index (χ2v) is 6.29. The molecule has 1 atom stereocenters. The molecule has 25 heavy (non-hydrogen) atoms. The summed E-state index contributed by atoms with van der Waals surface area (Å²) in [5, 5.41) is 6.73. The average Bonchev–Trinajstić information content (AvgIpc) is 2.85. The highest BCUT2D eigenvalue weighted by Gasteiger charge is 2.13. The summed E-state index contributed by atoms with van der Waals surface area (Å²) in [6, 6.07) is 13.0. The topological polar surface area (TPSA) is 59.6 Å². The Morgan fingerprint density at radius 2 is 1.92 bits per heavy atom. The molecule has 2 aromatic carbocycles. The molecule has 5 nitrogen and oxygen atoms in total. The van der Waals surface area contributed by atoms with Crippen LogP contribution in [0.3, 0.4) is 0 Å². The fourth-order valence-electron chi connectivity index (χ4n) is 2.63. The highest BCUT2D eigenvalue weighted by Crippen LogP contribution is 2.32. The molecule has 1 heterocycles. The van der Waals surface area contributed by atoms with Crippen LogP contribution in [0.25, 0.3) is 0 Å². The van der Waals surface area contributed by atoms with E-state index in [4.69, 9.17) is 21.1 Å². The Morgan fingerprint density at radius 3 is 2.72 bits per heavy atom. The molecule has 0 unspecified atom stereocenters. The molecule has 2 N–H and O–H groups in total. The quantitative estimate of drug-likeness (QED) is 0.851. The number of rotatable bonds is 5. The molecular weight excluding hydrogens is 340 g/mol. The third-order valence-electron chi connectivity index (χ3n) is 3.97. The largest absolute Gasteiger partial charge is 0.490 e. The number of anilines is 1. The van der Waals surface area contributed by atoms with Crippen molar-refractivity contribution in [3.05, 3.63) is 53.1 Å². The van der Waals surface area contributed by atoms with Crippen LogP contribution in [0.4, 0.5) is 5.69 Å². The lowest BCUT2D eigenvalue weighted by atomic mass is 10.1. The lowest BCUT2D eigenvalue weighted by molar-refractivity contribution is -0.115. The highest BCUT2D eigenvalue weighted by atomic mass is 35.5. The van der Waals surface area contributed by atoms with Gasteiger partial charge in [-0.1, -0.05) is 29.8 Å². The van der Waals surface area contributed by atoms with Crippen LogP contribution in [-0.4, -0.2) is 25.7 Å². The van der Waals surface area contributed by atoms with Crippen molar-refractivity contribution in [1.29, 1.82) is 0 Å². The molecule has 0 bridgehead atoms. The highest BCUT2D eigenvalue weighted by molar-refractivity contribution is 6.31. The Labute approximate surface area is 152 Å². The van der Waals surface area contributed by atoms with Crippen LogP contribution < -0.4 is 20.1 Å². The first-order valence-electron chi connectivity index (χ1n) is 8.31. The van der Waals surface area contributed by atoms with E-state index in [9.17, 15) is 4.79 Å². The van der Waals surface area contributed by atoms with Gasteiger partial charge in [-0.3, -0.25) is 4.79 Å². The van der Waals surface area contributed by atoms with E-state index in [0.29, 0.717) is 35.4 Å². The van der Waals surface area contributed by atoms with Crippen LogP contribution >= 0.6 is 11.6 Å². The molecular formula is C19H21ClN2O3. The number of benzene rings is 2. The van der Waals surface area contributed by atoms with Gasteiger partial charge in [0.1, 0.15) is 0 Å². The van der Waals surface area contributed by atoms with Gasteiger partial charge in [-0.05, 0) is 30.7 Å². The van der Waals surface area contributed by atoms with Crippen LogP contribution in [0.2, 0.25) is 5.02 Å². The smallest absolute Gasteiger partial charge is 0.238 e. The third-order valence-corrected chi connectivity index (χ3v) is 4.32. The molecule has 0 fully saturated rings. The Morgan fingerprint density at radius 1 is 1.16 bits per heavy atom. The summed E-state index contributed by atoms with van der Waals surface area (Å²) in [5.41, 5.74) is 1.65. The van der Waals surface area contributed by atoms with Crippen LogP contribution in [0.15, 0.2) is 42.5 Å². The van der Waals surface area contributed by atoms with Gasteiger partial charge in [-0.25, -0.2) is 0 Å². The predicted molar refractivity (Wildman–Crippen MR) is 98.5 cm³/mol. The van der Waals surface area contributed by atoms with Crippen molar-refractivity contribution in [2.75, 3.05) is 25.1 Å². The Kier molecular flexibility index (Phi) is 5.79. The number of amides is 1. The average molecular weight is 361 g/mol. The van der Waals surface area contributed by atoms with Crippen LogP contribution in [-0.2, 0) is 4.79 Å². The van der Waals surface area contributed by atoms with Crippen molar-refractivity contribution in [3.8, 4) is 11.5 Å². The van der Waals surface area contributed by atoms with Gasteiger partial charge in [0, 0.05) is 29.2 Å². The van der Waals surface area contributed by atoms with Gasteiger partial charge in [-0.15, -0.1) is 0 Å². The summed E-state index contributed by atoms with van der Waals surface area (Å²) in [4.78, 5) is 12.2. The summed E-state index contributed by atoms with van der Waals surface area (Å²) in [6.45, 7) is 3.41. The minimum absolute atomic E-state index is 0.0248. The molecule has 0 spiro atoms. The van der Waals surface area contributed by atoms with Crippen molar-refractivity contribution in [2.45, 2.75) is 19.4 Å². The van der Waals surface area contributed by atoms with Gasteiger partial charge < -0.3 is 20.1 Å². The summed E-state index contributed by atoms with van der Waals surface area (Å²) in [6.07, 6.45) is 0.847. The normalized spacial score (nSPS) is 14.5. The molecule has 132 valence electrons. The molecule has 2 aromatic rings. The van der Waals surface area contributed by atoms with E-state index in [1.54, 1.807) is 6.07 Å². The van der Waals surface area contributed by atoms with Gasteiger partial charge >= 0.3 is 0 Å². The molecule has 0 aliphatic carbocycles. The lowest BCUT2D eigenvalue weighted by Gasteiger charge is -2.16. The van der Waals surface area contributed by atoms with E-state index in [1.165, 1.54) is 0 Å². The standard InChI is InChI=1S/C19H21ClN2O3/c1-13(15-5-2-3-6-16(15)20)21-12-19(23)22-14-7-8-17-18(11-14)25-10-4-9-24-17/h2-3,5-8,11,13,21H,4,9-10,12H2,1H3,(H,22,23)/t13-/m0/s1. The van der Waals surface area contributed by atoms with E-state index >= 15 is 0 Å². The number of ether oxygens (including phenoxy) is 2. The maximum atomic E-state index is 12.2. The van der Waals surface area contributed by atoms with Crippen molar-refractivity contribution in [2.24, 2.45) is 0 Å². The van der Waals surface area contributed by atoms with E-state index in [0.717, 1.165) is 12.0 Å². The fourth-order valence-corrected chi connectivity index (χ4v) is 2.93.